The van der Waals surface area contributed by atoms with Gasteiger partial charge in [0, 0.05) is 38.3 Å². The molecule has 2 aromatic rings. The molecule has 0 unspecified atom stereocenters. The van der Waals surface area contributed by atoms with Crippen molar-refractivity contribution in [1.82, 2.24) is 24.9 Å². The van der Waals surface area contributed by atoms with Gasteiger partial charge >= 0.3 is 0 Å². The summed E-state index contributed by atoms with van der Waals surface area (Å²) in [5.74, 6) is 0.714. The van der Waals surface area contributed by atoms with Crippen LogP contribution in [0.1, 0.15) is 55.7 Å². The van der Waals surface area contributed by atoms with Crippen molar-refractivity contribution < 1.29 is 0 Å². The average Bonchev–Trinajstić information content (AvgIpc) is 3.05. The molecule has 5 heteroatoms. The standard InChI is InChI=1S/C15H23N5/c1-11(2)20-14(8-15(18-20)12-4-5-12)10-16-9-13-6-7-17-19(13)3/h6-8,11-12,16H,4-5,9-10H2,1-3H3. The van der Waals surface area contributed by atoms with Gasteiger partial charge in [-0.3, -0.25) is 9.36 Å². The molecular formula is C15H23N5. The molecule has 1 fully saturated rings. The van der Waals surface area contributed by atoms with Crippen LogP contribution in [0.4, 0.5) is 0 Å². The molecule has 1 saturated carbocycles. The van der Waals surface area contributed by atoms with Crippen LogP contribution in [0.3, 0.4) is 0 Å². The second kappa shape index (κ2) is 5.40. The molecule has 0 radical (unpaired) electrons. The Kier molecular flexibility index (Phi) is 3.61. The van der Waals surface area contributed by atoms with Crippen LogP contribution in [0.25, 0.3) is 0 Å². The van der Waals surface area contributed by atoms with E-state index in [2.05, 4.69) is 35.0 Å². The predicted octanol–water partition coefficient (Wildman–Crippen LogP) is 2.36. The Balaban J connectivity index is 1.65. The van der Waals surface area contributed by atoms with Crippen LogP contribution in [0.2, 0.25) is 0 Å². The highest BCUT2D eigenvalue weighted by Gasteiger charge is 2.27. The fourth-order valence-corrected chi connectivity index (χ4v) is 2.51. The lowest BCUT2D eigenvalue weighted by Gasteiger charge is -2.11. The van der Waals surface area contributed by atoms with Crippen LogP contribution in [0.15, 0.2) is 18.3 Å². The van der Waals surface area contributed by atoms with E-state index in [0.29, 0.717) is 12.0 Å². The summed E-state index contributed by atoms with van der Waals surface area (Å²) in [6.07, 6.45) is 4.44. The third-order valence-electron chi connectivity index (χ3n) is 3.85. The highest BCUT2D eigenvalue weighted by atomic mass is 15.3. The zero-order valence-corrected chi connectivity index (χ0v) is 12.5. The number of nitrogens with zero attached hydrogens (tertiary/aromatic N) is 4. The first-order valence-corrected chi connectivity index (χ1v) is 7.41. The summed E-state index contributed by atoms with van der Waals surface area (Å²) >= 11 is 0. The summed E-state index contributed by atoms with van der Waals surface area (Å²) < 4.78 is 4.06. The van der Waals surface area contributed by atoms with E-state index in [1.165, 1.54) is 29.9 Å². The number of rotatable bonds is 6. The molecule has 0 aromatic carbocycles. The van der Waals surface area contributed by atoms with Gasteiger partial charge < -0.3 is 5.32 Å². The van der Waals surface area contributed by atoms with Crippen molar-refractivity contribution in [2.24, 2.45) is 7.05 Å². The van der Waals surface area contributed by atoms with Gasteiger partial charge in [0.1, 0.15) is 0 Å². The Bertz CT molecular complexity index is 577. The molecule has 3 rings (SSSR count). The molecule has 5 nitrogen and oxygen atoms in total. The SMILES string of the molecule is CC(C)n1nc(C2CC2)cc1CNCc1ccnn1C. The van der Waals surface area contributed by atoms with Crippen molar-refractivity contribution in [3.8, 4) is 0 Å². The molecule has 0 spiro atoms. The smallest absolute Gasteiger partial charge is 0.0659 e. The van der Waals surface area contributed by atoms with E-state index in [4.69, 9.17) is 5.10 Å². The third-order valence-corrected chi connectivity index (χ3v) is 3.85. The minimum Gasteiger partial charge on any atom is -0.306 e. The highest BCUT2D eigenvalue weighted by molar-refractivity contribution is 5.19. The van der Waals surface area contributed by atoms with Crippen LogP contribution >= 0.6 is 0 Å². The summed E-state index contributed by atoms with van der Waals surface area (Å²) in [5, 5.41) is 12.4. The van der Waals surface area contributed by atoms with Gasteiger partial charge in [0.15, 0.2) is 0 Å². The summed E-state index contributed by atoms with van der Waals surface area (Å²) in [5.41, 5.74) is 3.75. The molecule has 1 N–H and O–H groups in total. The molecule has 20 heavy (non-hydrogen) atoms. The topological polar surface area (TPSA) is 47.7 Å². The molecule has 108 valence electrons. The fraction of sp³-hybridized carbons (Fsp3) is 0.600. The average molecular weight is 273 g/mol. The van der Waals surface area contributed by atoms with Crippen molar-refractivity contribution in [2.45, 2.75) is 51.7 Å². The molecule has 0 amide bonds. The molecule has 1 aliphatic carbocycles. The van der Waals surface area contributed by atoms with Crippen molar-refractivity contribution in [1.29, 1.82) is 0 Å². The number of hydrogen-bond acceptors (Lipinski definition) is 3. The first-order valence-electron chi connectivity index (χ1n) is 7.41. The van der Waals surface area contributed by atoms with Crippen LogP contribution < -0.4 is 5.32 Å². The Hall–Kier alpha value is -1.62. The van der Waals surface area contributed by atoms with E-state index in [-0.39, 0.29) is 0 Å². The Labute approximate surface area is 120 Å². The molecule has 0 aliphatic heterocycles. The Morgan fingerprint density at radius 3 is 2.65 bits per heavy atom. The lowest BCUT2D eigenvalue weighted by molar-refractivity contribution is 0.489. The number of aryl methyl sites for hydroxylation is 1. The predicted molar refractivity (Wildman–Crippen MR) is 78.3 cm³/mol. The maximum absolute atomic E-state index is 4.76. The largest absolute Gasteiger partial charge is 0.306 e. The van der Waals surface area contributed by atoms with Gasteiger partial charge in [-0.05, 0) is 38.8 Å². The molecule has 1 aliphatic rings. The second-order valence-electron chi connectivity index (χ2n) is 5.92. The summed E-state index contributed by atoms with van der Waals surface area (Å²) in [6.45, 7) is 6.06. The van der Waals surface area contributed by atoms with Crippen molar-refractivity contribution in [2.75, 3.05) is 0 Å². The second-order valence-corrected chi connectivity index (χ2v) is 5.92. The quantitative estimate of drug-likeness (QED) is 0.879. The van der Waals surface area contributed by atoms with Gasteiger partial charge in [0.2, 0.25) is 0 Å². The van der Waals surface area contributed by atoms with Gasteiger partial charge in [0.05, 0.1) is 17.1 Å². The van der Waals surface area contributed by atoms with E-state index < -0.39 is 0 Å². The van der Waals surface area contributed by atoms with Crippen molar-refractivity contribution in [3.63, 3.8) is 0 Å². The minimum absolute atomic E-state index is 0.413. The van der Waals surface area contributed by atoms with Gasteiger partial charge in [-0.15, -0.1) is 0 Å². The highest BCUT2D eigenvalue weighted by Crippen LogP contribution is 2.39. The number of hydrogen-bond donors (Lipinski definition) is 1. The molecule has 0 bridgehead atoms. The molecule has 0 saturated heterocycles. The lowest BCUT2D eigenvalue weighted by Crippen LogP contribution is -2.18. The lowest BCUT2D eigenvalue weighted by atomic mass is 10.2. The van der Waals surface area contributed by atoms with E-state index in [1.54, 1.807) is 0 Å². The first-order chi connectivity index (χ1) is 9.65. The van der Waals surface area contributed by atoms with Crippen LogP contribution in [-0.4, -0.2) is 19.6 Å². The molecular weight excluding hydrogens is 250 g/mol. The number of aromatic nitrogens is 4. The maximum atomic E-state index is 4.76. The van der Waals surface area contributed by atoms with Crippen LogP contribution in [-0.2, 0) is 20.1 Å². The van der Waals surface area contributed by atoms with E-state index in [0.717, 1.165) is 13.1 Å². The summed E-state index contributed by atoms with van der Waals surface area (Å²) in [6, 6.07) is 4.73. The normalized spacial score (nSPS) is 15.2. The summed E-state index contributed by atoms with van der Waals surface area (Å²) in [7, 11) is 1.97. The van der Waals surface area contributed by atoms with Gasteiger partial charge in [-0.1, -0.05) is 0 Å². The maximum Gasteiger partial charge on any atom is 0.0659 e. The minimum atomic E-state index is 0.413. The van der Waals surface area contributed by atoms with Crippen LogP contribution in [0, 0.1) is 0 Å². The Morgan fingerprint density at radius 1 is 1.30 bits per heavy atom. The monoisotopic (exact) mass is 273 g/mol. The van der Waals surface area contributed by atoms with E-state index in [1.807, 2.05) is 24.0 Å². The molecule has 2 aromatic heterocycles. The Morgan fingerprint density at radius 2 is 2.05 bits per heavy atom. The van der Waals surface area contributed by atoms with Crippen LogP contribution in [0.5, 0.6) is 0 Å². The first kappa shape index (κ1) is 13.4. The third kappa shape index (κ3) is 2.77. The van der Waals surface area contributed by atoms with Gasteiger partial charge in [-0.2, -0.15) is 10.2 Å². The molecule has 2 heterocycles. The summed E-state index contributed by atoms with van der Waals surface area (Å²) in [4.78, 5) is 0. The number of nitrogens with one attached hydrogen (secondary N) is 1. The van der Waals surface area contributed by atoms with E-state index >= 15 is 0 Å². The van der Waals surface area contributed by atoms with E-state index in [9.17, 15) is 0 Å². The molecule has 0 atom stereocenters. The van der Waals surface area contributed by atoms with Gasteiger partial charge in [-0.25, -0.2) is 0 Å². The van der Waals surface area contributed by atoms with Gasteiger partial charge in [0.25, 0.3) is 0 Å². The fourth-order valence-electron chi connectivity index (χ4n) is 2.51. The zero-order chi connectivity index (χ0) is 14.1. The van der Waals surface area contributed by atoms with Crippen molar-refractivity contribution in [3.05, 3.63) is 35.4 Å². The van der Waals surface area contributed by atoms with Crippen molar-refractivity contribution >= 4 is 0 Å². The zero-order valence-electron chi connectivity index (χ0n) is 12.5.